The fraction of sp³-hybridized carbons (Fsp3) is 0.333. The monoisotopic (exact) mass is 365 g/mol. The third-order valence-electron chi connectivity index (χ3n) is 3.17. The molecule has 1 amide bonds. The van der Waals surface area contributed by atoms with Gasteiger partial charge in [-0.2, -0.15) is 5.26 Å². The van der Waals surface area contributed by atoms with Gasteiger partial charge in [0.15, 0.2) is 5.16 Å². The van der Waals surface area contributed by atoms with Crippen molar-refractivity contribution < 1.29 is 4.79 Å². The van der Waals surface area contributed by atoms with Crippen LogP contribution in [0, 0.1) is 11.3 Å². The maximum atomic E-state index is 12.1. The average Bonchev–Trinajstić information content (AvgIpc) is 2.91. The molecule has 0 fully saturated rings. The predicted octanol–water partition coefficient (Wildman–Crippen LogP) is 2.63. The predicted molar refractivity (Wildman–Crippen MR) is 93.3 cm³/mol. The molecule has 2 rings (SSSR count). The second-order valence-corrected chi connectivity index (χ2v) is 6.33. The Labute approximate surface area is 148 Å². The standard InChI is InChI=1S/C15H16ClN5O2S/c1-2-3-6-21-14(23)19-20-15(21)24-9-13(22)18-12-7-11(16)5-4-10(12)8-17/h4-5,7H,2-3,6,9H2,1H3,(H,18,22)(H,19,23). The highest BCUT2D eigenvalue weighted by molar-refractivity contribution is 7.99. The van der Waals surface area contributed by atoms with Gasteiger partial charge in [-0.3, -0.25) is 9.36 Å². The van der Waals surface area contributed by atoms with Crippen LogP contribution in [-0.4, -0.2) is 26.4 Å². The van der Waals surface area contributed by atoms with Gasteiger partial charge >= 0.3 is 5.69 Å². The largest absolute Gasteiger partial charge is 0.343 e. The first kappa shape index (κ1) is 18.1. The second-order valence-electron chi connectivity index (χ2n) is 4.96. The summed E-state index contributed by atoms with van der Waals surface area (Å²) in [5.74, 6) is -0.246. The first-order valence-corrected chi connectivity index (χ1v) is 8.69. The van der Waals surface area contributed by atoms with Crippen molar-refractivity contribution in [3.8, 4) is 6.07 Å². The average molecular weight is 366 g/mol. The van der Waals surface area contributed by atoms with E-state index in [1.807, 2.05) is 13.0 Å². The van der Waals surface area contributed by atoms with Crippen LogP contribution < -0.4 is 11.0 Å². The number of halogens is 1. The molecule has 1 aromatic heterocycles. The Morgan fingerprint density at radius 2 is 2.33 bits per heavy atom. The van der Waals surface area contributed by atoms with Crippen LogP contribution in [-0.2, 0) is 11.3 Å². The summed E-state index contributed by atoms with van der Waals surface area (Å²) in [6.07, 6.45) is 1.81. The molecule has 1 aromatic carbocycles. The molecular formula is C15H16ClN5O2S. The highest BCUT2D eigenvalue weighted by atomic mass is 35.5. The van der Waals surface area contributed by atoms with Crippen molar-refractivity contribution in [2.75, 3.05) is 11.1 Å². The van der Waals surface area contributed by atoms with E-state index in [1.165, 1.54) is 10.6 Å². The van der Waals surface area contributed by atoms with Crippen molar-refractivity contribution in [2.24, 2.45) is 0 Å². The van der Waals surface area contributed by atoms with Crippen molar-refractivity contribution in [3.05, 3.63) is 39.3 Å². The van der Waals surface area contributed by atoms with Gasteiger partial charge in [0, 0.05) is 11.6 Å². The molecule has 7 nitrogen and oxygen atoms in total. The molecule has 1 heterocycles. The van der Waals surface area contributed by atoms with Gasteiger partial charge in [-0.05, 0) is 24.6 Å². The van der Waals surface area contributed by atoms with Gasteiger partial charge < -0.3 is 5.32 Å². The number of unbranched alkanes of at least 4 members (excludes halogenated alkanes) is 1. The first-order valence-electron chi connectivity index (χ1n) is 7.32. The van der Waals surface area contributed by atoms with Gasteiger partial charge in [-0.15, -0.1) is 5.10 Å². The molecule has 0 aliphatic rings. The molecule has 24 heavy (non-hydrogen) atoms. The highest BCUT2D eigenvalue weighted by Crippen LogP contribution is 2.21. The van der Waals surface area contributed by atoms with Crippen molar-refractivity contribution in [2.45, 2.75) is 31.5 Å². The van der Waals surface area contributed by atoms with Crippen LogP contribution in [0.5, 0.6) is 0 Å². The molecule has 0 aliphatic heterocycles. The number of carbonyl (C=O) groups excluding carboxylic acids is 1. The van der Waals surface area contributed by atoms with Crippen LogP contribution >= 0.6 is 23.4 Å². The number of anilines is 1. The zero-order valence-electron chi connectivity index (χ0n) is 13.0. The summed E-state index contributed by atoms with van der Waals surface area (Å²) in [6, 6.07) is 6.64. The minimum absolute atomic E-state index is 0.0633. The molecule has 2 N–H and O–H groups in total. The van der Waals surface area contributed by atoms with Crippen LogP contribution in [0.2, 0.25) is 5.02 Å². The third kappa shape index (κ3) is 4.63. The zero-order valence-corrected chi connectivity index (χ0v) is 14.6. The SMILES string of the molecule is CCCCn1c(SCC(=O)Nc2cc(Cl)ccc2C#N)n[nH]c1=O. The fourth-order valence-electron chi connectivity index (χ4n) is 1.96. The lowest BCUT2D eigenvalue weighted by molar-refractivity contribution is -0.113. The van der Waals surface area contributed by atoms with E-state index in [9.17, 15) is 9.59 Å². The van der Waals surface area contributed by atoms with Crippen LogP contribution in [0.25, 0.3) is 0 Å². The van der Waals surface area contributed by atoms with Crippen LogP contribution in [0.1, 0.15) is 25.3 Å². The van der Waals surface area contributed by atoms with E-state index in [4.69, 9.17) is 16.9 Å². The van der Waals surface area contributed by atoms with E-state index in [-0.39, 0.29) is 17.3 Å². The fourth-order valence-corrected chi connectivity index (χ4v) is 2.91. The Bertz CT molecular complexity index is 824. The number of nitrogens with one attached hydrogen (secondary N) is 2. The summed E-state index contributed by atoms with van der Waals surface area (Å²) >= 11 is 7.04. The summed E-state index contributed by atoms with van der Waals surface area (Å²) in [7, 11) is 0. The lowest BCUT2D eigenvalue weighted by Crippen LogP contribution is -2.19. The molecule has 9 heteroatoms. The highest BCUT2D eigenvalue weighted by Gasteiger charge is 2.12. The van der Waals surface area contributed by atoms with Gasteiger partial charge in [0.05, 0.1) is 17.0 Å². The van der Waals surface area contributed by atoms with Crippen molar-refractivity contribution in [3.63, 3.8) is 0 Å². The smallest absolute Gasteiger partial charge is 0.324 e. The first-order chi connectivity index (χ1) is 11.5. The summed E-state index contributed by atoms with van der Waals surface area (Å²) in [6.45, 7) is 2.59. The number of hydrogen-bond acceptors (Lipinski definition) is 5. The number of hydrogen-bond donors (Lipinski definition) is 2. The van der Waals surface area contributed by atoms with Crippen molar-refractivity contribution in [1.82, 2.24) is 14.8 Å². The Balaban J connectivity index is 2.01. The number of benzene rings is 1. The third-order valence-corrected chi connectivity index (χ3v) is 4.38. The van der Waals surface area contributed by atoms with Gasteiger partial charge in [0.25, 0.3) is 0 Å². The zero-order chi connectivity index (χ0) is 17.5. The molecule has 2 aromatic rings. The molecule has 0 spiro atoms. The van der Waals surface area contributed by atoms with Gasteiger partial charge in [-0.25, -0.2) is 9.89 Å². The Kier molecular flexibility index (Phi) is 6.46. The number of H-pyrrole nitrogens is 1. The number of nitriles is 1. The normalized spacial score (nSPS) is 10.4. The molecule has 0 atom stereocenters. The van der Waals surface area contributed by atoms with Crippen LogP contribution in [0.15, 0.2) is 28.2 Å². The van der Waals surface area contributed by atoms with Crippen LogP contribution in [0.4, 0.5) is 5.69 Å². The van der Waals surface area contributed by atoms with Crippen molar-refractivity contribution in [1.29, 1.82) is 5.26 Å². The number of carbonyl (C=O) groups is 1. The molecule has 0 radical (unpaired) electrons. The van der Waals surface area contributed by atoms with Crippen LogP contribution in [0.3, 0.4) is 0 Å². The van der Waals surface area contributed by atoms with E-state index < -0.39 is 0 Å². The summed E-state index contributed by atoms with van der Waals surface area (Å²) in [5.41, 5.74) is 0.409. The molecule has 0 saturated heterocycles. The molecule has 0 saturated carbocycles. The van der Waals surface area contributed by atoms with Gasteiger partial charge in [0.2, 0.25) is 5.91 Å². The molecule has 126 valence electrons. The second kappa shape index (κ2) is 8.57. The van der Waals surface area contributed by atoms with Gasteiger partial charge in [-0.1, -0.05) is 36.7 Å². The number of thioether (sulfide) groups is 1. The summed E-state index contributed by atoms with van der Waals surface area (Å²) in [4.78, 5) is 23.8. The topological polar surface area (TPSA) is 104 Å². The lowest BCUT2D eigenvalue weighted by Gasteiger charge is -2.08. The van der Waals surface area contributed by atoms with E-state index in [0.29, 0.717) is 28.0 Å². The number of amides is 1. The quantitative estimate of drug-likeness (QED) is 0.734. The summed E-state index contributed by atoms with van der Waals surface area (Å²) < 4.78 is 1.52. The minimum Gasteiger partial charge on any atom is -0.324 e. The van der Waals surface area contributed by atoms with Crippen molar-refractivity contribution >= 4 is 35.0 Å². The number of nitrogens with zero attached hydrogens (tertiary/aromatic N) is 3. The van der Waals surface area contributed by atoms with E-state index in [2.05, 4.69) is 15.5 Å². The lowest BCUT2D eigenvalue weighted by atomic mass is 10.2. The Morgan fingerprint density at radius 1 is 1.54 bits per heavy atom. The molecule has 0 bridgehead atoms. The number of aromatic amines is 1. The van der Waals surface area contributed by atoms with E-state index in [1.54, 1.807) is 12.1 Å². The maximum Gasteiger partial charge on any atom is 0.343 e. The Morgan fingerprint density at radius 3 is 3.04 bits per heavy atom. The Hall–Kier alpha value is -2.24. The molecule has 0 unspecified atom stereocenters. The number of rotatable bonds is 7. The summed E-state index contributed by atoms with van der Waals surface area (Å²) in [5, 5.41) is 18.9. The minimum atomic E-state index is -0.309. The van der Waals surface area contributed by atoms with E-state index in [0.717, 1.165) is 24.6 Å². The maximum absolute atomic E-state index is 12.1. The number of aromatic nitrogens is 3. The molecule has 0 aliphatic carbocycles. The van der Waals surface area contributed by atoms with Gasteiger partial charge in [0.1, 0.15) is 6.07 Å². The van der Waals surface area contributed by atoms with E-state index >= 15 is 0 Å². The molecular weight excluding hydrogens is 350 g/mol.